The molecule has 1 fully saturated rings. The molecule has 0 spiro atoms. The minimum absolute atomic E-state index is 0.00317. The second-order valence-electron chi connectivity index (χ2n) is 5.88. The average Bonchev–Trinajstić information content (AvgIpc) is 2.84. The zero-order chi connectivity index (χ0) is 17.3. The normalized spacial score (nSPS) is 18.5. The Kier molecular flexibility index (Phi) is 4.35. The molecule has 0 bridgehead atoms. The van der Waals surface area contributed by atoms with E-state index in [1.807, 2.05) is 6.07 Å². The van der Waals surface area contributed by atoms with E-state index in [1.54, 1.807) is 24.4 Å². The number of likely N-dealkylation sites (tertiary alicyclic amines) is 1. The Morgan fingerprint density at radius 1 is 1.21 bits per heavy atom. The van der Waals surface area contributed by atoms with Gasteiger partial charge in [-0.15, -0.1) is 3.89 Å². The zero-order valence-electron chi connectivity index (χ0n) is 12.8. The lowest BCUT2D eigenvalue weighted by Gasteiger charge is -2.16. The first-order valence-corrected chi connectivity index (χ1v) is 9.04. The summed E-state index contributed by atoms with van der Waals surface area (Å²) in [5, 5.41) is 5.36. The molecule has 1 saturated heterocycles. The van der Waals surface area contributed by atoms with Crippen LogP contribution in [0, 0.1) is 5.92 Å². The highest BCUT2D eigenvalue weighted by molar-refractivity contribution is 7.86. The van der Waals surface area contributed by atoms with E-state index in [1.165, 1.54) is 9.58 Å². The molecule has 1 unspecified atom stereocenters. The quantitative estimate of drug-likeness (QED) is 0.732. The fraction of sp³-hybridized carbons (Fsp3) is 0.400. The molecule has 9 heteroatoms. The molecule has 2 heterocycles. The maximum atomic E-state index is 12.7. The molecule has 1 aliphatic rings. The predicted octanol–water partition coefficient (Wildman–Crippen LogP) is 0.544. The number of hydrogen-bond acceptors (Lipinski definition) is 5. The Hall–Kier alpha value is -2.29. The molecular weight excluding hydrogens is 337 g/mol. The van der Waals surface area contributed by atoms with Gasteiger partial charge in [-0.25, -0.2) is 4.68 Å². The van der Waals surface area contributed by atoms with Crippen LogP contribution in [0.2, 0.25) is 0 Å². The molecule has 128 valence electrons. The molecule has 1 amide bonds. The van der Waals surface area contributed by atoms with Crippen molar-refractivity contribution >= 4 is 26.9 Å². The highest BCUT2D eigenvalue weighted by atomic mass is 32.3. The van der Waals surface area contributed by atoms with Gasteiger partial charge in [0.25, 0.3) is 5.56 Å². The van der Waals surface area contributed by atoms with E-state index in [0.29, 0.717) is 5.39 Å². The van der Waals surface area contributed by atoms with Crippen LogP contribution in [0.1, 0.15) is 6.42 Å². The minimum Gasteiger partial charge on any atom is -0.341 e. The number of nitrogens with zero attached hydrogens (tertiary/aromatic N) is 3. The molecule has 2 aromatic rings. The lowest BCUT2D eigenvalue weighted by molar-refractivity contribution is -0.127. The van der Waals surface area contributed by atoms with Crippen LogP contribution in [-0.2, 0) is 21.6 Å². The Balaban J connectivity index is 1.69. The summed E-state index contributed by atoms with van der Waals surface area (Å²) in [5.74, 6) is -1.44. The van der Waals surface area contributed by atoms with Crippen LogP contribution >= 0.6 is 0 Å². The summed E-state index contributed by atoms with van der Waals surface area (Å²) in [5.41, 5.74) is -0.248. The van der Waals surface area contributed by atoms with Gasteiger partial charge >= 0.3 is 10.2 Å². The highest BCUT2D eigenvalue weighted by Crippen LogP contribution is 2.20. The molecule has 0 saturated carbocycles. The molecule has 1 aromatic carbocycles. The fourth-order valence-corrected chi connectivity index (χ4v) is 3.75. The first-order valence-electron chi connectivity index (χ1n) is 7.48. The molecule has 1 atom stereocenters. The van der Waals surface area contributed by atoms with E-state index in [-0.39, 0.29) is 37.5 Å². The van der Waals surface area contributed by atoms with E-state index >= 15 is 0 Å². The van der Waals surface area contributed by atoms with Crippen LogP contribution in [0.25, 0.3) is 10.8 Å². The molecule has 3 rings (SSSR count). The van der Waals surface area contributed by atoms with Crippen molar-refractivity contribution in [2.75, 3.05) is 18.8 Å². The van der Waals surface area contributed by atoms with Crippen molar-refractivity contribution in [2.45, 2.75) is 13.0 Å². The van der Waals surface area contributed by atoms with E-state index in [0.717, 1.165) is 5.39 Å². The predicted molar refractivity (Wildman–Crippen MR) is 85.6 cm³/mol. The summed E-state index contributed by atoms with van der Waals surface area (Å²) in [6, 6.07) is 7.08. The fourth-order valence-electron chi connectivity index (χ4n) is 2.97. The van der Waals surface area contributed by atoms with Gasteiger partial charge in [-0.1, -0.05) is 18.2 Å². The molecule has 1 aliphatic heterocycles. The summed E-state index contributed by atoms with van der Waals surface area (Å²) in [6.45, 7) is 0.599. The molecule has 1 aromatic heterocycles. The number of rotatable bonds is 5. The standard InChI is InChI=1S/C15H16FN3O4S/c16-24(22,23)10-11-7-14(20)18(9-11)5-6-19-15(21)13-4-2-1-3-12(13)8-17-19/h1-4,8,11H,5-7,9-10H2. The SMILES string of the molecule is O=C1CC(CS(=O)(=O)F)CN1CCn1ncc2ccccc2c1=O. The van der Waals surface area contributed by atoms with Crippen molar-refractivity contribution in [3.63, 3.8) is 0 Å². The Morgan fingerprint density at radius 3 is 2.71 bits per heavy atom. The van der Waals surface area contributed by atoms with Crippen molar-refractivity contribution in [1.29, 1.82) is 0 Å². The lowest BCUT2D eigenvalue weighted by atomic mass is 10.1. The van der Waals surface area contributed by atoms with Crippen molar-refractivity contribution in [1.82, 2.24) is 14.7 Å². The average molecular weight is 353 g/mol. The Bertz CT molecular complexity index is 941. The van der Waals surface area contributed by atoms with E-state index in [2.05, 4.69) is 5.10 Å². The second kappa shape index (κ2) is 6.31. The molecular formula is C15H16FN3O4S. The summed E-state index contributed by atoms with van der Waals surface area (Å²) in [6.07, 6.45) is 1.59. The topological polar surface area (TPSA) is 89.3 Å². The summed E-state index contributed by atoms with van der Waals surface area (Å²) < 4.78 is 35.4. The van der Waals surface area contributed by atoms with Gasteiger partial charge in [0.1, 0.15) is 0 Å². The number of halogens is 1. The van der Waals surface area contributed by atoms with Gasteiger partial charge < -0.3 is 4.90 Å². The molecule has 0 N–H and O–H groups in total. The number of carbonyl (C=O) groups is 1. The van der Waals surface area contributed by atoms with Crippen molar-refractivity contribution in [3.8, 4) is 0 Å². The van der Waals surface area contributed by atoms with E-state index in [9.17, 15) is 21.9 Å². The van der Waals surface area contributed by atoms with Gasteiger partial charge in [0.05, 0.1) is 23.9 Å². The maximum Gasteiger partial charge on any atom is 0.302 e. The maximum absolute atomic E-state index is 12.7. The van der Waals surface area contributed by atoms with Crippen molar-refractivity contribution < 1.29 is 17.1 Å². The van der Waals surface area contributed by atoms with Crippen LogP contribution in [-0.4, -0.2) is 47.8 Å². The van der Waals surface area contributed by atoms with Gasteiger partial charge in [-0.2, -0.15) is 13.5 Å². The van der Waals surface area contributed by atoms with Gasteiger partial charge in [0.2, 0.25) is 5.91 Å². The third kappa shape index (κ3) is 3.61. The number of carbonyl (C=O) groups excluding carboxylic acids is 1. The van der Waals surface area contributed by atoms with Gasteiger partial charge in [-0.05, 0) is 6.07 Å². The number of benzene rings is 1. The van der Waals surface area contributed by atoms with E-state index in [4.69, 9.17) is 0 Å². The Morgan fingerprint density at radius 2 is 1.96 bits per heavy atom. The summed E-state index contributed by atoms with van der Waals surface area (Å²) >= 11 is 0. The largest absolute Gasteiger partial charge is 0.341 e. The zero-order valence-corrected chi connectivity index (χ0v) is 13.6. The number of hydrogen-bond donors (Lipinski definition) is 0. The van der Waals surface area contributed by atoms with E-state index < -0.39 is 21.9 Å². The van der Waals surface area contributed by atoms with Crippen molar-refractivity contribution in [3.05, 3.63) is 40.8 Å². The highest BCUT2D eigenvalue weighted by Gasteiger charge is 2.32. The lowest BCUT2D eigenvalue weighted by Crippen LogP contribution is -2.33. The monoisotopic (exact) mass is 353 g/mol. The summed E-state index contributed by atoms with van der Waals surface area (Å²) in [4.78, 5) is 25.7. The molecule has 7 nitrogen and oxygen atoms in total. The molecule has 0 radical (unpaired) electrons. The molecule has 24 heavy (non-hydrogen) atoms. The van der Waals surface area contributed by atoms with Gasteiger partial charge in [0.15, 0.2) is 0 Å². The van der Waals surface area contributed by atoms with Crippen LogP contribution in [0.3, 0.4) is 0 Å². The minimum atomic E-state index is -4.60. The molecule has 0 aliphatic carbocycles. The van der Waals surface area contributed by atoms with Crippen LogP contribution in [0.5, 0.6) is 0 Å². The third-order valence-corrected chi connectivity index (χ3v) is 4.94. The smallest absolute Gasteiger partial charge is 0.302 e. The first-order chi connectivity index (χ1) is 11.3. The summed E-state index contributed by atoms with van der Waals surface area (Å²) in [7, 11) is -4.60. The number of aromatic nitrogens is 2. The third-order valence-electron chi connectivity index (χ3n) is 4.07. The number of fused-ring (bicyclic) bond motifs is 1. The van der Waals surface area contributed by atoms with Crippen LogP contribution in [0.15, 0.2) is 35.3 Å². The first kappa shape index (κ1) is 16.6. The van der Waals surface area contributed by atoms with Gasteiger partial charge in [-0.3, -0.25) is 9.59 Å². The van der Waals surface area contributed by atoms with Crippen molar-refractivity contribution in [2.24, 2.45) is 5.92 Å². The number of amides is 1. The Labute approximate surface area is 137 Å². The van der Waals surface area contributed by atoms with Crippen LogP contribution < -0.4 is 5.56 Å². The van der Waals surface area contributed by atoms with Gasteiger partial charge in [0, 0.05) is 30.8 Å². The van der Waals surface area contributed by atoms with Crippen LogP contribution in [0.4, 0.5) is 3.89 Å². The second-order valence-corrected chi connectivity index (χ2v) is 7.29.